The van der Waals surface area contributed by atoms with Crippen LogP contribution in [0.2, 0.25) is 0 Å². The van der Waals surface area contributed by atoms with Crippen LogP contribution in [0.3, 0.4) is 0 Å². The summed E-state index contributed by atoms with van der Waals surface area (Å²) in [6, 6.07) is 6.11. The van der Waals surface area contributed by atoms with Gasteiger partial charge in [-0.05, 0) is 30.0 Å². The van der Waals surface area contributed by atoms with Crippen LogP contribution in [0.1, 0.15) is 5.56 Å². The van der Waals surface area contributed by atoms with E-state index < -0.39 is 0 Å². The Morgan fingerprint density at radius 3 is 2.79 bits per heavy atom. The van der Waals surface area contributed by atoms with Gasteiger partial charge in [-0.2, -0.15) is 0 Å². The lowest BCUT2D eigenvalue weighted by atomic mass is 10.1. The number of benzene rings is 1. The van der Waals surface area contributed by atoms with Gasteiger partial charge in [-0.1, -0.05) is 0 Å². The third-order valence-electron chi connectivity index (χ3n) is 1.98. The summed E-state index contributed by atoms with van der Waals surface area (Å²) in [4.78, 5) is 5.78. The predicted octanol–water partition coefficient (Wildman–Crippen LogP) is 1.85. The molecule has 0 heterocycles. The summed E-state index contributed by atoms with van der Waals surface area (Å²) in [5.74, 6) is 5.88. The van der Waals surface area contributed by atoms with Crippen LogP contribution in [-0.4, -0.2) is 20.0 Å². The number of methoxy groups -OCH3 is 1. The molecule has 0 aliphatic carbocycles. The van der Waals surface area contributed by atoms with E-state index in [9.17, 15) is 0 Å². The Morgan fingerprint density at radius 1 is 1.43 bits per heavy atom. The van der Waals surface area contributed by atoms with Crippen LogP contribution in [0.4, 0.5) is 0 Å². The zero-order valence-electron chi connectivity index (χ0n) is 8.45. The summed E-state index contributed by atoms with van der Waals surface area (Å²) in [5, 5.41) is 0. The van der Waals surface area contributed by atoms with E-state index in [1.54, 1.807) is 18.9 Å². The van der Waals surface area contributed by atoms with E-state index in [4.69, 9.17) is 10.6 Å². The minimum Gasteiger partial charge on any atom is -0.496 e. The lowest BCUT2D eigenvalue weighted by Crippen LogP contribution is -2.04. The van der Waals surface area contributed by atoms with Gasteiger partial charge in [-0.3, -0.25) is 0 Å². The second-order valence-electron chi connectivity index (χ2n) is 2.80. The van der Waals surface area contributed by atoms with Crippen LogP contribution in [0.5, 0.6) is 5.75 Å². The maximum atomic E-state index is 5.24. The van der Waals surface area contributed by atoms with Crippen molar-refractivity contribution < 1.29 is 9.57 Å². The molecule has 1 aromatic rings. The van der Waals surface area contributed by atoms with Crippen LogP contribution in [-0.2, 0) is 11.3 Å². The molecule has 0 atom stereocenters. The summed E-state index contributed by atoms with van der Waals surface area (Å²) >= 11 is 1.71. The van der Waals surface area contributed by atoms with Crippen molar-refractivity contribution in [2.24, 2.45) is 5.90 Å². The van der Waals surface area contributed by atoms with Gasteiger partial charge in [0, 0.05) is 11.3 Å². The molecule has 14 heavy (non-hydrogen) atoms. The highest BCUT2D eigenvalue weighted by molar-refractivity contribution is 7.98. The second-order valence-corrected chi connectivity index (χ2v) is 3.68. The first-order valence-electron chi connectivity index (χ1n) is 4.34. The first-order valence-corrected chi connectivity index (χ1v) is 5.57. The van der Waals surface area contributed by atoms with Gasteiger partial charge >= 0.3 is 0 Å². The molecule has 0 aliphatic rings. The Balaban J connectivity index is 2.84. The Kier molecular flexibility index (Phi) is 4.79. The van der Waals surface area contributed by atoms with Gasteiger partial charge in [0.2, 0.25) is 0 Å². The van der Waals surface area contributed by atoms with Crippen molar-refractivity contribution in [2.45, 2.75) is 11.3 Å². The molecule has 1 aromatic carbocycles. The van der Waals surface area contributed by atoms with Crippen LogP contribution in [0, 0.1) is 0 Å². The van der Waals surface area contributed by atoms with Crippen molar-refractivity contribution in [3.05, 3.63) is 23.8 Å². The predicted molar refractivity (Wildman–Crippen MR) is 58.6 cm³/mol. The summed E-state index contributed by atoms with van der Waals surface area (Å²) in [6.07, 6.45) is 2.82. The second kappa shape index (κ2) is 5.90. The fraction of sp³-hybridized carbons (Fsp3) is 0.400. The molecule has 2 N–H and O–H groups in total. The topological polar surface area (TPSA) is 44.5 Å². The van der Waals surface area contributed by atoms with Crippen molar-refractivity contribution in [1.29, 1.82) is 0 Å². The standard InChI is InChI=1S/C10H15NO2S/c1-12-10-4-3-9(14-2)7-8(10)5-6-13-11/h3-4,7H,5-6,11H2,1-2H3. The molecule has 0 saturated heterocycles. The molecule has 0 aliphatic heterocycles. The third-order valence-corrected chi connectivity index (χ3v) is 2.70. The molecular formula is C10H15NO2S. The summed E-state index contributed by atoms with van der Waals surface area (Å²) in [6.45, 7) is 0.508. The monoisotopic (exact) mass is 213 g/mol. The number of hydrogen-bond acceptors (Lipinski definition) is 4. The highest BCUT2D eigenvalue weighted by Crippen LogP contribution is 2.24. The van der Waals surface area contributed by atoms with Gasteiger partial charge in [-0.25, -0.2) is 5.90 Å². The Hall–Kier alpha value is -0.710. The van der Waals surface area contributed by atoms with Crippen LogP contribution in [0.15, 0.2) is 23.1 Å². The van der Waals surface area contributed by atoms with Gasteiger partial charge in [0.15, 0.2) is 0 Å². The average Bonchev–Trinajstić information content (AvgIpc) is 2.25. The summed E-state index contributed by atoms with van der Waals surface area (Å²) in [7, 11) is 1.67. The van der Waals surface area contributed by atoms with Crippen molar-refractivity contribution in [3.8, 4) is 5.75 Å². The molecule has 0 bridgehead atoms. The van der Waals surface area contributed by atoms with Gasteiger partial charge in [0.05, 0.1) is 13.7 Å². The van der Waals surface area contributed by atoms with Crippen molar-refractivity contribution in [3.63, 3.8) is 0 Å². The lowest BCUT2D eigenvalue weighted by molar-refractivity contribution is 0.140. The highest BCUT2D eigenvalue weighted by Gasteiger charge is 2.03. The van der Waals surface area contributed by atoms with Gasteiger partial charge in [0.25, 0.3) is 0 Å². The van der Waals surface area contributed by atoms with Crippen LogP contribution in [0.25, 0.3) is 0 Å². The summed E-state index contributed by atoms with van der Waals surface area (Å²) < 4.78 is 5.24. The first kappa shape index (κ1) is 11.4. The molecule has 4 heteroatoms. The number of ether oxygens (including phenoxy) is 1. The number of rotatable bonds is 5. The van der Waals surface area contributed by atoms with E-state index in [0.29, 0.717) is 6.61 Å². The zero-order chi connectivity index (χ0) is 10.4. The molecule has 78 valence electrons. The van der Waals surface area contributed by atoms with E-state index in [2.05, 4.69) is 10.9 Å². The van der Waals surface area contributed by atoms with E-state index in [1.807, 2.05) is 18.4 Å². The Morgan fingerprint density at radius 2 is 2.21 bits per heavy atom. The lowest BCUT2D eigenvalue weighted by Gasteiger charge is -2.09. The SMILES string of the molecule is COc1ccc(SC)cc1CCON. The maximum absolute atomic E-state index is 5.24. The van der Waals surface area contributed by atoms with Crippen LogP contribution >= 0.6 is 11.8 Å². The molecule has 1 rings (SSSR count). The van der Waals surface area contributed by atoms with E-state index in [1.165, 1.54) is 4.90 Å². The fourth-order valence-corrected chi connectivity index (χ4v) is 1.71. The smallest absolute Gasteiger partial charge is 0.122 e. The normalized spacial score (nSPS) is 10.2. The number of hydrogen-bond donors (Lipinski definition) is 1. The van der Waals surface area contributed by atoms with E-state index >= 15 is 0 Å². The van der Waals surface area contributed by atoms with Gasteiger partial charge < -0.3 is 9.57 Å². The molecule has 0 amide bonds. The molecule has 0 saturated carbocycles. The number of nitrogens with two attached hydrogens (primary N) is 1. The Labute approximate surface area is 88.5 Å². The van der Waals surface area contributed by atoms with Crippen molar-refractivity contribution in [2.75, 3.05) is 20.0 Å². The molecular weight excluding hydrogens is 198 g/mol. The highest BCUT2D eigenvalue weighted by atomic mass is 32.2. The van der Waals surface area contributed by atoms with Gasteiger partial charge in [-0.15, -0.1) is 11.8 Å². The quantitative estimate of drug-likeness (QED) is 0.599. The van der Waals surface area contributed by atoms with Crippen LogP contribution < -0.4 is 10.6 Å². The van der Waals surface area contributed by atoms with E-state index in [0.717, 1.165) is 17.7 Å². The van der Waals surface area contributed by atoms with Gasteiger partial charge in [0.1, 0.15) is 5.75 Å². The molecule has 0 fully saturated rings. The first-order chi connectivity index (χ1) is 6.81. The molecule has 0 unspecified atom stereocenters. The molecule has 0 aromatic heterocycles. The number of thioether (sulfide) groups is 1. The van der Waals surface area contributed by atoms with E-state index in [-0.39, 0.29) is 0 Å². The molecule has 3 nitrogen and oxygen atoms in total. The molecule has 0 radical (unpaired) electrons. The summed E-state index contributed by atoms with van der Waals surface area (Å²) in [5.41, 5.74) is 1.13. The Bertz CT molecular complexity index is 291. The largest absolute Gasteiger partial charge is 0.496 e. The fourth-order valence-electron chi connectivity index (χ4n) is 1.25. The average molecular weight is 213 g/mol. The minimum atomic E-state index is 0.508. The van der Waals surface area contributed by atoms with Crippen molar-refractivity contribution >= 4 is 11.8 Å². The zero-order valence-corrected chi connectivity index (χ0v) is 9.26. The molecule has 0 spiro atoms. The third kappa shape index (κ3) is 2.90. The van der Waals surface area contributed by atoms with Crippen molar-refractivity contribution in [1.82, 2.24) is 0 Å². The maximum Gasteiger partial charge on any atom is 0.122 e. The minimum absolute atomic E-state index is 0.508.